The molecule has 1 aromatic heterocycles. The second-order valence-electron chi connectivity index (χ2n) is 7.20. The molecule has 0 aliphatic carbocycles. The minimum atomic E-state index is -4.47. The molecular formula is C23H20F3NO4S. The van der Waals surface area contributed by atoms with E-state index in [2.05, 4.69) is 5.32 Å². The maximum atomic E-state index is 13.6. The normalized spacial score (nSPS) is 13.4. The summed E-state index contributed by atoms with van der Waals surface area (Å²) in [6.07, 6.45) is -6.88. The summed E-state index contributed by atoms with van der Waals surface area (Å²) in [5.74, 6) is -2.49. The Morgan fingerprint density at radius 3 is 2.25 bits per heavy atom. The number of halogens is 3. The molecule has 2 aromatic carbocycles. The van der Waals surface area contributed by atoms with Crippen LogP contribution in [-0.2, 0) is 15.8 Å². The largest absolute Gasteiger partial charge is 0.481 e. The molecule has 0 aliphatic rings. The number of aliphatic carboxylic acids is 1. The third-order valence-electron chi connectivity index (χ3n) is 4.87. The van der Waals surface area contributed by atoms with Gasteiger partial charge in [0.05, 0.1) is 6.42 Å². The quantitative estimate of drug-likeness (QED) is 0.440. The van der Waals surface area contributed by atoms with E-state index < -0.39 is 35.5 Å². The fourth-order valence-corrected chi connectivity index (χ4v) is 4.30. The molecule has 9 heteroatoms. The van der Waals surface area contributed by atoms with Crippen LogP contribution in [0.2, 0.25) is 0 Å². The highest BCUT2D eigenvalue weighted by atomic mass is 32.1. The molecule has 0 radical (unpaired) electrons. The molecule has 0 aliphatic heterocycles. The number of carboxylic acid groups (broad SMARTS) is 1. The van der Waals surface area contributed by atoms with Crippen LogP contribution in [0.15, 0.2) is 60.7 Å². The second-order valence-corrected chi connectivity index (χ2v) is 8.29. The standard InChI is InChI=1S/C23H20F3NO4S/c1-13(14-7-9-16(10-8-14)27-22(31)18(28)12-20(29)30)19-11-17(15-5-3-2-4-6-15)21(32-19)23(24,25)26/h2-11,13,18,28H,12H2,1H3,(H,27,31)(H,29,30)/t13?,18-/m0/s1. The van der Waals surface area contributed by atoms with Gasteiger partial charge < -0.3 is 15.5 Å². The van der Waals surface area contributed by atoms with Crippen LogP contribution in [-0.4, -0.2) is 28.2 Å². The Morgan fingerprint density at radius 2 is 1.69 bits per heavy atom. The van der Waals surface area contributed by atoms with Crippen molar-refractivity contribution in [2.75, 3.05) is 5.32 Å². The molecule has 1 unspecified atom stereocenters. The first kappa shape index (κ1) is 23.5. The van der Waals surface area contributed by atoms with Gasteiger partial charge in [0.1, 0.15) is 11.0 Å². The number of nitrogens with one attached hydrogen (secondary N) is 1. The lowest BCUT2D eigenvalue weighted by molar-refractivity contribution is -0.142. The lowest BCUT2D eigenvalue weighted by Crippen LogP contribution is -2.29. The van der Waals surface area contributed by atoms with Crippen LogP contribution in [0.4, 0.5) is 18.9 Å². The topological polar surface area (TPSA) is 86.6 Å². The number of benzene rings is 2. The summed E-state index contributed by atoms with van der Waals surface area (Å²) >= 11 is 0.705. The van der Waals surface area contributed by atoms with Crippen molar-refractivity contribution in [3.8, 4) is 11.1 Å². The number of anilines is 1. The molecule has 3 aromatic rings. The summed E-state index contributed by atoms with van der Waals surface area (Å²) in [5.41, 5.74) is 1.71. The predicted molar refractivity (Wildman–Crippen MR) is 116 cm³/mol. The Bertz CT molecular complexity index is 1090. The van der Waals surface area contributed by atoms with Crippen molar-refractivity contribution in [3.63, 3.8) is 0 Å². The molecule has 0 bridgehead atoms. The zero-order chi connectivity index (χ0) is 23.5. The number of aliphatic hydroxyl groups excluding tert-OH is 1. The monoisotopic (exact) mass is 463 g/mol. The molecule has 2 atom stereocenters. The van der Waals surface area contributed by atoms with E-state index in [4.69, 9.17) is 5.11 Å². The highest BCUT2D eigenvalue weighted by Crippen LogP contribution is 2.45. The Hall–Kier alpha value is -3.17. The maximum absolute atomic E-state index is 13.6. The van der Waals surface area contributed by atoms with E-state index in [0.717, 1.165) is 5.56 Å². The number of alkyl halides is 3. The van der Waals surface area contributed by atoms with Crippen molar-refractivity contribution in [2.45, 2.75) is 31.5 Å². The van der Waals surface area contributed by atoms with Crippen LogP contribution in [0, 0.1) is 0 Å². The van der Waals surface area contributed by atoms with Crippen LogP contribution in [0.3, 0.4) is 0 Å². The Balaban J connectivity index is 1.82. The Morgan fingerprint density at radius 1 is 1.06 bits per heavy atom. The summed E-state index contributed by atoms with van der Waals surface area (Å²) in [7, 11) is 0. The van der Waals surface area contributed by atoms with E-state index in [-0.39, 0.29) is 11.5 Å². The molecule has 5 nitrogen and oxygen atoms in total. The number of carboxylic acids is 1. The van der Waals surface area contributed by atoms with E-state index in [1.165, 1.54) is 0 Å². The number of aliphatic hydroxyl groups is 1. The highest BCUT2D eigenvalue weighted by molar-refractivity contribution is 7.12. The molecule has 0 spiro atoms. The van der Waals surface area contributed by atoms with Gasteiger partial charge in [-0.05, 0) is 29.3 Å². The number of carbonyl (C=O) groups is 2. The highest BCUT2D eigenvalue weighted by Gasteiger charge is 2.37. The van der Waals surface area contributed by atoms with Crippen LogP contribution < -0.4 is 5.32 Å². The molecular weight excluding hydrogens is 443 g/mol. The van der Waals surface area contributed by atoms with Gasteiger partial charge in [-0.2, -0.15) is 13.2 Å². The van der Waals surface area contributed by atoms with Crippen molar-refractivity contribution in [2.24, 2.45) is 0 Å². The van der Waals surface area contributed by atoms with Gasteiger partial charge in [-0.25, -0.2) is 0 Å². The predicted octanol–water partition coefficient (Wildman–Crippen LogP) is 5.36. The number of carbonyl (C=O) groups excluding carboxylic acids is 1. The van der Waals surface area contributed by atoms with E-state index in [9.17, 15) is 27.9 Å². The summed E-state index contributed by atoms with van der Waals surface area (Å²) < 4.78 is 40.9. The van der Waals surface area contributed by atoms with Gasteiger partial charge in [-0.15, -0.1) is 11.3 Å². The van der Waals surface area contributed by atoms with Crippen molar-refractivity contribution < 1.29 is 33.0 Å². The van der Waals surface area contributed by atoms with Crippen LogP contribution >= 0.6 is 11.3 Å². The third-order valence-corrected chi connectivity index (χ3v) is 6.23. The van der Waals surface area contributed by atoms with Crippen molar-refractivity contribution in [1.82, 2.24) is 0 Å². The second kappa shape index (κ2) is 9.54. The summed E-state index contributed by atoms with van der Waals surface area (Å²) in [4.78, 5) is 22.3. The first-order valence-electron chi connectivity index (χ1n) is 9.63. The molecule has 168 valence electrons. The van der Waals surface area contributed by atoms with Crippen LogP contribution in [0.25, 0.3) is 11.1 Å². The molecule has 3 N–H and O–H groups in total. The average Bonchev–Trinajstić information content (AvgIpc) is 3.20. The number of hydrogen-bond donors (Lipinski definition) is 3. The van der Waals surface area contributed by atoms with Gasteiger partial charge in [-0.3, -0.25) is 9.59 Å². The zero-order valence-electron chi connectivity index (χ0n) is 16.9. The van der Waals surface area contributed by atoms with Gasteiger partial charge in [0.25, 0.3) is 5.91 Å². The van der Waals surface area contributed by atoms with Gasteiger partial charge >= 0.3 is 12.1 Å². The molecule has 1 amide bonds. The number of rotatable bonds is 7. The molecule has 3 rings (SSSR count). The lowest BCUT2D eigenvalue weighted by Gasteiger charge is -2.13. The van der Waals surface area contributed by atoms with Gasteiger partial charge in [0.2, 0.25) is 0 Å². The number of amides is 1. The smallest absolute Gasteiger partial charge is 0.426 e. The molecule has 0 saturated carbocycles. The summed E-state index contributed by atoms with van der Waals surface area (Å²) in [6.45, 7) is 1.80. The van der Waals surface area contributed by atoms with Crippen LogP contribution in [0.1, 0.15) is 34.6 Å². The van der Waals surface area contributed by atoms with Crippen molar-refractivity contribution in [3.05, 3.63) is 76.0 Å². The minimum absolute atomic E-state index is 0.140. The van der Waals surface area contributed by atoms with Gasteiger partial charge in [0.15, 0.2) is 0 Å². The van der Waals surface area contributed by atoms with Crippen molar-refractivity contribution in [1.29, 1.82) is 0 Å². The van der Waals surface area contributed by atoms with E-state index in [0.29, 0.717) is 27.5 Å². The van der Waals surface area contributed by atoms with E-state index in [1.807, 2.05) is 0 Å². The molecule has 0 fully saturated rings. The first-order chi connectivity index (χ1) is 15.1. The number of hydrogen-bond acceptors (Lipinski definition) is 4. The Kier molecular flexibility index (Phi) is 7.00. The van der Waals surface area contributed by atoms with Gasteiger partial charge in [-0.1, -0.05) is 49.4 Å². The van der Waals surface area contributed by atoms with E-state index >= 15 is 0 Å². The fraction of sp³-hybridized carbons (Fsp3) is 0.217. The SMILES string of the molecule is CC(c1ccc(NC(=O)[C@@H](O)CC(=O)O)cc1)c1cc(-c2ccccc2)c(C(F)(F)F)s1. The Labute approximate surface area is 186 Å². The summed E-state index contributed by atoms with van der Waals surface area (Å²) in [5, 5.41) is 20.6. The fourth-order valence-electron chi connectivity index (χ4n) is 3.17. The third kappa shape index (κ3) is 5.54. The zero-order valence-corrected chi connectivity index (χ0v) is 17.7. The maximum Gasteiger partial charge on any atom is 0.426 e. The van der Waals surface area contributed by atoms with Crippen LogP contribution in [0.5, 0.6) is 0 Å². The molecule has 1 heterocycles. The lowest BCUT2D eigenvalue weighted by atomic mass is 9.97. The first-order valence-corrected chi connectivity index (χ1v) is 10.4. The van der Waals surface area contributed by atoms with E-state index in [1.54, 1.807) is 67.6 Å². The molecule has 0 saturated heterocycles. The molecule has 32 heavy (non-hydrogen) atoms. The van der Waals surface area contributed by atoms with Crippen molar-refractivity contribution >= 4 is 28.9 Å². The average molecular weight is 463 g/mol. The minimum Gasteiger partial charge on any atom is -0.481 e. The summed E-state index contributed by atoms with van der Waals surface area (Å²) in [6, 6.07) is 16.4. The van der Waals surface area contributed by atoms with Gasteiger partial charge in [0, 0.05) is 22.0 Å². The number of thiophene rings is 1.